The second-order valence-corrected chi connectivity index (χ2v) is 4.63. The standard InChI is InChI=1S/C16H19N3O2/c1-2-17-13-5-8-15(19-11-13)16(21)18-10-9-12-3-6-14(20)7-4-12/h3-8,11,17,20H,2,9-10H2,1H3,(H,18,21). The number of aromatic hydroxyl groups is 1. The molecule has 5 nitrogen and oxygen atoms in total. The van der Waals surface area contributed by atoms with E-state index in [0.29, 0.717) is 18.7 Å². The Hall–Kier alpha value is -2.56. The Kier molecular flexibility index (Phi) is 5.15. The van der Waals surface area contributed by atoms with Crippen molar-refractivity contribution in [2.24, 2.45) is 0 Å². The maximum atomic E-state index is 11.9. The molecular formula is C16H19N3O2. The minimum atomic E-state index is -0.183. The number of carbonyl (C=O) groups excluding carboxylic acids is 1. The maximum Gasteiger partial charge on any atom is 0.269 e. The van der Waals surface area contributed by atoms with Crippen LogP contribution in [0.25, 0.3) is 0 Å². The fourth-order valence-electron chi connectivity index (χ4n) is 1.91. The quantitative estimate of drug-likeness (QED) is 0.760. The summed E-state index contributed by atoms with van der Waals surface area (Å²) in [5.41, 5.74) is 2.36. The summed E-state index contributed by atoms with van der Waals surface area (Å²) in [7, 11) is 0. The summed E-state index contributed by atoms with van der Waals surface area (Å²) >= 11 is 0. The molecule has 1 aromatic carbocycles. The second kappa shape index (κ2) is 7.28. The molecule has 1 heterocycles. The summed E-state index contributed by atoms with van der Waals surface area (Å²) in [5.74, 6) is 0.0598. The average molecular weight is 285 g/mol. The van der Waals surface area contributed by atoms with Gasteiger partial charge in [0, 0.05) is 13.1 Å². The van der Waals surface area contributed by atoms with Gasteiger partial charge in [-0.05, 0) is 43.2 Å². The van der Waals surface area contributed by atoms with Gasteiger partial charge in [0.15, 0.2) is 0 Å². The maximum absolute atomic E-state index is 11.9. The van der Waals surface area contributed by atoms with Crippen LogP contribution < -0.4 is 10.6 Å². The summed E-state index contributed by atoms with van der Waals surface area (Å²) in [6.45, 7) is 3.35. The number of anilines is 1. The molecule has 0 saturated heterocycles. The van der Waals surface area contributed by atoms with Crippen LogP contribution in [-0.2, 0) is 6.42 Å². The van der Waals surface area contributed by atoms with E-state index < -0.39 is 0 Å². The third kappa shape index (κ3) is 4.49. The van der Waals surface area contributed by atoms with Crippen molar-refractivity contribution >= 4 is 11.6 Å². The van der Waals surface area contributed by atoms with E-state index in [9.17, 15) is 9.90 Å². The van der Waals surface area contributed by atoms with Gasteiger partial charge in [-0.1, -0.05) is 12.1 Å². The highest BCUT2D eigenvalue weighted by molar-refractivity contribution is 5.92. The summed E-state index contributed by atoms with van der Waals surface area (Å²) in [6, 6.07) is 10.5. The zero-order valence-corrected chi connectivity index (χ0v) is 12.0. The molecule has 5 heteroatoms. The monoisotopic (exact) mass is 285 g/mol. The molecule has 21 heavy (non-hydrogen) atoms. The van der Waals surface area contributed by atoms with E-state index in [4.69, 9.17) is 0 Å². The van der Waals surface area contributed by atoms with Gasteiger partial charge in [0.2, 0.25) is 0 Å². The highest BCUT2D eigenvalue weighted by atomic mass is 16.3. The molecule has 0 bridgehead atoms. The van der Waals surface area contributed by atoms with Crippen LogP contribution in [0.2, 0.25) is 0 Å². The first-order valence-corrected chi connectivity index (χ1v) is 6.95. The van der Waals surface area contributed by atoms with Crippen LogP contribution in [0, 0.1) is 0 Å². The number of pyridine rings is 1. The Balaban J connectivity index is 1.82. The molecule has 0 aliphatic carbocycles. The molecule has 2 aromatic rings. The van der Waals surface area contributed by atoms with E-state index >= 15 is 0 Å². The lowest BCUT2D eigenvalue weighted by Gasteiger charge is -2.06. The molecule has 0 aliphatic rings. The lowest BCUT2D eigenvalue weighted by molar-refractivity contribution is 0.0949. The summed E-state index contributed by atoms with van der Waals surface area (Å²) in [6.07, 6.45) is 2.36. The number of hydrogen-bond donors (Lipinski definition) is 3. The van der Waals surface area contributed by atoms with Gasteiger partial charge in [0.05, 0.1) is 11.9 Å². The minimum Gasteiger partial charge on any atom is -0.508 e. The molecule has 0 aliphatic heterocycles. The fourth-order valence-corrected chi connectivity index (χ4v) is 1.91. The van der Waals surface area contributed by atoms with Crippen LogP contribution in [0.15, 0.2) is 42.6 Å². The van der Waals surface area contributed by atoms with Gasteiger partial charge in [-0.25, -0.2) is 4.98 Å². The lowest BCUT2D eigenvalue weighted by Crippen LogP contribution is -2.26. The predicted octanol–water partition coefficient (Wildman–Crippen LogP) is 2.19. The summed E-state index contributed by atoms with van der Waals surface area (Å²) in [4.78, 5) is 16.1. The zero-order valence-electron chi connectivity index (χ0n) is 12.0. The van der Waals surface area contributed by atoms with Crippen LogP contribution in [0.1, 0.15) is 23.0 Å². The molecule has 0 radical (unpaired) electrons. The highest BCUT2D eigenvalue weighted by Crippen LogP contribution is 2.10. The van der Waals surface area contributed by atoms with Crippen LogP contribution in [0.5, 0.6) is 5.75 Å². The molecule has 3 N–H and O–H groups in total. The van der Waals surface area contributed by atoms with Gasteiger partial charge < -0.3 is 15.7 Å². The molecule has 0 atom stereocenters. The topological polar surface area (TPSA) is 74.2 Å². The molecule has 1 aromatic heterocycles. The number of phenolic OH excluding ortho intramolecular Hbond substituents is 1. The molecule has 0 fully saturated rings. The van der Waals surface area contributed by atoms with Crippen molar-refractivity contribution in [3.8, 4) is 5.75 Å². The van der Waals surface area contributed by atoms with Gasteiger partial charge >= 0.3 is 0 Å². The fraction of sp³-hybridized carbons (Fsp3) is 0.250. The normalized spacial score (nSPS) is 10.1. The number of rotatable bonds is 6. The third-order valence-electron chi connectivity index (χ3n) is 3.01. The Bertz CT molecular complexity index is 579. The van der Waals surface area contributed by atoms with Crippen LogP contribution in [0.4, 0.5) is 5.69 Å². The van der Waals surface area contributed by atoms with Gasteiger partial charge in [-0.2, -0.15) is 0 Å². The number of nitrogens with one attached hydrogen (secondary N) is 2. The molecule has 110 valence electrons. The number of aromatic nitrogens is 1. The number of phenols is 1. The SMILES string of the molecule is CCNc1ccc(C(=O)NCCc2ccc(O)cc2)nc1. The Labute approximate surface area is 124 Å². The van der Waals surface area contributed by atoms with E-state index in [-0.39, 0.29) is 11.7 Å². The first-order valence-electron chi connectivity index (χ1n) is 6.95. The summed E-state index contributed by atoms with van der Waals surface area (Å²) in [5, 5.41) is 15.2. The van der Waals surface area contributed by atoms with Crippen molar-refractivity contribution in [3.63, 3.8) is 0 Å². The van der Waals surface area contributed by atoms with E-state index in [1.165, 1.54) is 0 Å². The minimum absolute atomic E-state index is 0.183. The number of nitrogens with zero attached hydrogens (tertiary/aromatic N) is 1. The number of hydrogen-bond acceptors (Lipinski definition) is 4. The van der Waals surface area contributed by atoms with Gasteiger partial charge in [-0.15, -0.1) is 0 Å². The van der Waals surface area contributed by atoms with Crippen molar-refractivity contribution in [1.82, 2.24) is 10.3 Å². The average Bonchev–Trinajstić information content (AvgIpc) is 2.50. The van der Waals surface area contributed by atoms with E-state index in [1.807, 2.05) is 25.1 Å². The van der Waals surface area contributed by atoms with Crippen molar-refractivity contribution < 1.29 is 9.90 Å². The van der Waals surface area contributed by atoms with Crippen molar-refractivity contribution in [1.29, 1.82) is 0 Å². The van der Waals surface area contributed by atoms with Crippen LogP contribution >= 0.6 is 0 Å². The molecule has 0 saturated carbocycles. The highest BCUT2D eigenvalue weighted by Gasteiger charge is 2.06. The zero-order chi connectivity index (χ0) is 15.1. The largest absolute Gasteiger partial charge is 0.508 e. The molecule has 2 rings (SSSR count). The van der Waals surface area contributed by atoms with Gasteiger partial charge in [0.1, 0.15) is 11.4 Å². The number of carbonyl (C=O) groups is 1. The molecular weight excluding hydrogens is 266 g/mol. The van der Waals surface area contributed by atoms with Crippen LogP contribution in [0.3, 0.4) is 0 Å². The third-order valence-corrected chi connectivity index (χ3v) is 3.01. The van der Waals surface area contributed by atoms with E-state index in [2.05, 4.69) is 15.6 Å². The molecule has 0 unspecified atom stereocenters. The lowest BCUT2D eigenvalue weighted by atomic mass is 10.1. The number of amides is 1. The first-order chi connectivity index (χ1) is 10.2. The van der Waals surface area contributed by atoms with Crippen LogP contribution in [-0.4, -0.2) is 29.1 Å². The van der Waals surface area contributed by atoms with Crippen molar-refractivity contribution in [2.45, 2.75) is 13.3 Å². The molecule has 1 amide bonds. The predicted molar refractivity (Wildman–Crippen MR) is 82.5 cm³/mol. The van der Waals surface area contributed by atoms with E-state index in [1.54, 1.807) is 24.4 Å². The molecule has 0 spiro atoms. The van der Waals surface area contributed by atoms with Gasteiger partial charge in [-0.3, -0.25) is 4.79 Å². The number of benzene rings is 1. The Morgan fingerprint density at radius 3 is 2.57 bits per heavy atom. The second-order valence-electron chi connectivity index (χ2n) is 4.63. The van der Waals surface area contributed by atoms with E-state index in [0.717, 1.165) is 17.8 Å². The Morgan fingerprint density at radius 2 is 1.95 bits per heavy atom. The summed E-state index contributed by atoms with van der Waals surface area (Å²) < 4.78 is 0. The van der Waals surface area contributed by atoms with Crippen molar-refractivity contribution in [2.75, 3.05) is 18.4 Å². The smallest absolute Gasteiger partial charge is 0.269 e. The first kappa shape index (κ1) is 14.8. The Morgan fingerprint density at radius 1 is 1.19 bits per heavy atom. The van der Waals surface area contributed by atoms with Crippen molar-refractivity contribution in [3.05, 3.63) is 53.9 Å². The van der Waals surface area contributed by atoms with Gasteiger partial charge in [0.25, 0.3) is 5.91 Å².